The normalized spacial score (nSPS) is 24.2. The van der Waals surface area contributed by atoms with Crippen LogP contribution in [-0.4, -0.2) is 63.0 Å². The Morgan fingerprint density at radius 2 is 1.81 bits per heavy atom. The molecule has 7 nitrogen and oxygen atoms in total. The van der Waals surface area contributed by atoms with Gasteiger partial charge >= 0.3 is 0 Å². The number of hydrogen-bond acceptors (Lipinski definition) is 6. The molecule has 2 aliphatic carbocycles. The fourth-order valence-electron chi connectivity index (χ4n) is 5.88. The van der Waals surface area contributed by atoms with Gasteiger partial charge in [0.15, 0.2) is 0 Å². The maximum Gasteiger partial charge on any atom is 0.224 e. The second-order valence-electron chi connectivity index (χ2n) is 11.2. The molecule has 2 N–H and O–H groups in total. The molecule has 2 saturated carbocycles. The monoisotopic (exact) mass is 489 g/mol. The van der Waals surface area contributed by atoms with E-state index >= 15 is 0 Å². The predicted molar refractivity (Wildman–Crippen MR) is 143 cm³/mol. The number of morpholine rings is 1. The Morgan fingerprint density at radius 1 is 1.06 bits per heavy atom. The van der Waals surface area contributed by atoms with Crippen LogP contribution < -0.4 is 5.32 Å². The van der Waals surface area contributed by atoms with E-state index in [-0.39, 0.29) is 6.10 Å². The van der Waals surface area contributed by atoms with E-state index in [1.165, 1.54) is 36.0 Å². The lowest BCUT2D eigenvalue weighted by Crippen LogP contribution is -2.35. The van der Waals surface area contributed by atoms with Crippen LogP contribution in [0, 0.1) is 5.92 Å². The van der Waals surface area contributed by atoms with Gasteiger partial charge in [0.1, 0.15) is 5.65 Å². The number of aromatic nitrogens is 3. The first-order valence-corrected chi connectivity index (χ1v) is 13.8. The smallest absolute Gasteiger partial charge is 0.224 e. The number of hydrogen-bond donors (Lipinski definition) is 2. The molecule has 0 unspecified atom stereocenters. The van der Waals surface area contributed by atoms with Gasteiger partial charge in [0, 0.05) is 55.1 Å². The predicted octanol–water partition coefficient (Wildman–Crippen LogP) is 5.01. The molecule has 0 bridgehead atoms. The van der Waals surface area contributed by atoms with Crippen molar-refractivity contribution in [3.63, 3.8) is 0 Å². The van der Waals surface area contributed by atoms with Crippen molar-refractivity contribution < 1.29 is 9.84 Å². The van der Waals surface area contributed by atoms with Gasteiger partial charge in [-0.25, -0.2) is 4.98 Å². The molecule has 0 radical (unpaired) electrons. The van der Waals surface area contributed by atoms with E-state index < -0.39 is 0 Å². The molecular formula is C29H39N5O2. The fraction of sp³-hybridized carbons (Fsp3) is 0.586. The Morgan fingerprint density at radius 3 is 2.53 bits per heavy atom. The maximum absolute atomic E-state index is 10.1. The second kappa shape index (κ2) is 10.5. The first kappa shape index (κ1) is 23.9. The Kier molecular flexibility index (Phi) is 6.96. The summed E-state index contributed by atoms with van der Waals surface area (Å²) >= 11 is 0. The molecule has 3 aromatic rings. The third-order valence-corrected chi connectivity index (χ3v) is 8.17. The molecule has 1 aromatic carbocycles. The number of rotatable bonds is 8. The lowest BCUT2D eigenvalue weighted by Gasteiger charge is -2.27. The SMILES string of the molecule is C[C@H](CC1CC1)Nc1ncc2c(-c3ccc(CN4CCOCC4)cc3)cn(C3CCC(O)CC3)c2n1. The van der Waals surface area contributed by atoms with Crippen molar-refractivity contribution in [3.05, 3.63) is 42.2 Å². The highest BCUT2D eigenvalue weighted by Gasteiger charge is 2.26. The van der Waals surface area contributed by atoms with Gasteiger partial charge in [-0.05, 0) is 56.1 Å². The summed E-state index contributed by atoms with van der Waals surface area (Å²) < 4.78 is 7.85. The molecule has 0 amide bonds. The van der Waals surface area contributed by atoms with Gasteiger partial charge in [-0.3, -0.25) is 4.90 Å². The number of anilines is 1. The molecule has 1 atom stereocenters. The zero-order valence-electron chi connectivity index (χ0n) is 21.4. The summed E-state index contributed by atoms with van der Waals surface area (Å²) in [5.74, 6) is 1.59. The number of nitrogens with zero attached hydrogens (tertiary/aromatic N) is 4. The van der Waals surface area contributed by atoms with Gasteiger partial charge < -0.3 is 19.7 Å². The van der Waals surface area contributed by atoms with Gasteiger partial charge in [-0.1, -0.05) is 37.1 Å². The van der Waals surface area contributed by atoms with Crippen molar-refractivity contribution in [2.75, 3.05) is 31.6 Å². The molecule has 0 spiro atoms. The number of benzene rings is 1. The Bertz CT molecular complexity index is 1160. The Labute approximate surface area is 213 Å². The number of aliphatic hydroxyl groups is 1. The summed E-state index contributed by atoms with van der Waals surface area (Å²) in [5, 5.41) is 14.7. The summed E-state index contributed by atoms with van der Waals surface area (Å²) in [6, 6.07) is 9.72. The molecule has 36 heavy (non-hydrogen) atoms. The van der Waals surface area contributed by atoms with Crippen LogP contribution in [0.4, 0.5) is 5.95 Å². The lowest BCUT2D eigenvalue weighted by molar-refractivity contribution is 0.0342. The number of fused-ring (bicyclic) bond motifs is 1. The summed E-state index contributed by atoms with van der Waals surface area (Å²) in [6.45, 7) is 6.85. The standard InChI is InChI=1S/C29H39N5O2/c1-20(16-21-2-3-21)31-29-30-17-26-27(19-34(28(26)32-29)24-8-10-25(35)11-9-24)23-6-4-22(5-7-23)18-33-12-14-36-15-13-33/h4-7,17,19-21,24-25,35H,2-3,8-16,18H2,1H3,(H,30,31,32)/t20-,24?,25?/m1/s1. The number of ether oxygens (including phenoxy) is 1. The van der Waals surface area contributed by atoms with Crippen LogP contribution in [0.2, 0.25) is 0 Å². The molecule has 192 valence electrons. The van der Waals surface area contributed by atoms with Crippen molar-refractivity contribution in [2.45, 2.75) is 76.6 Å². The zero-order valence-corrected chi connectivity index (χ0v) is 21.4. The molecule has 1 saturated heterocycles. The van der Waals surface area contributed by atoms with Crippen LogP contribution in [0.5, 0.6) is 0 Å². The third kappa shape index (κ3) is 5.43. The molecular weight excluding hydrogens is 450 g/mol. The summed E-state index contributed by atoms with van der Waals surface area (Å²) in [6.07, 6.45) is 11.7. The number of aliphatic hydroxyl groups excluding tert-OH is 1. The molecule has 3 heterocycles. The highest BCUT2D eigenvalue weighted by molar-refractivity contribution is 5.94. The highest BCUT2D eigenvalue weighted by atomic mass is 16.5. The fourth-order valence-corrected chi connectivity index (χ4v) is 5.88. The van der Waals surface area contributed by atoms with Crippen LogP contribution in [0.25, 0.3) is 22.2 Å². The molecule has 1 aliphatic heterocycles. The van der Waals surface area contributed by atoms with E-state index in [4.69, 9.17) is 14.7 Å². The topological polar surface area (TPSA) is 75.4 Å². The van der Waals surface area contributed by atoms with Gasteiger partial charge in [0.2, 0.25) is 5.95 Å². The molecule has 2 aromatic heterocycles. The van der Waals surface area contributed by atoms with E-state index in [0.29, 0.717) is 12.1 Å². The van der Waals surface area contributed by atoms with Crippen molar-refractivity contribution >= 4 is 17.0 Å². The molecule has 6 rings (SSSR count). The van der Waals surface area contributed by atoms with E-state index in [2.05, 4.69) is 52.2 Å². The lowest BCUT2D eigenvalue weighted by atomic mass is 9.93. The minimum atomic E-state index is -0.170. The van der Waals surface area contributed by atoms with Gasteiger partial charge in [0.05, 0.1) is 19.3 Å². The molecule has 3 fully saturated rings. The van der Waals surface area contributed by atoms with Crippen molar-refractivity contribution in [1.82, 2.24) is 19.4 Å². The summed E-state index contributed by atoms with van der Waals surface area (Å²) in [5.41, 5.74) is 4.72. The van der Waals surface area contributed by atoms with Gasteiger partial charge in [0.25, 0.3) is 0 Å². The number of nitrogens with one attached hydrogen (secondary N) is 1. The van der Waals surface area contributed by atoms with Gasteiger partial charge in [-0.15, -0.1) is 0 Å². The summed E-state index contributed by atoms with van der Waals surface area (Å²) in [7, 11) is 0. The van der Waals surface area contributed by atoms with Gasteiger partial charge in [-0.2, -0.15) is 4.98 Å². The van der Waals surface area contributed by atoms with Crippen LogP contribution in [0.1, 0.15) is 63.5 Å². The van der Waals surface area contributed by atoms with Crippen molar-refractivity contribution in [3.8, 4) is 11.1 Å². The Hall–Kier alpha value is -2.48. The molecule has 3 aliphatic rings. The van der Waals surface area contributed by atoms with E-state index in [1.807, 2.05) is 6.20 Å². The third-order valence-electron chi connectivity index (χ3n) is 8.17. The van der Waals surface area contributed by atoms with E-state index in [1.54, 1.807) is 0 Å². The highest BCUT2D eigenvalue weighted by Crippen LogP contribution is 2.37. The van der Waals surface area contributed by atoms with Crippen LogP contribution in [-0.2, 0) is 11.3 Å². The van der Waals surface area contributed by atoms with Crippen LogP contribution >= 0.6 is 0 Å². The van der Waals surface area contributed by atoms with Crippen molar-refractivity contribution in [2.24, 2.45) is 5.92 Å². The average Bonchev–Trinajstić information content (AvgIpc) is 3.63. The largest absolute Gasteiger partial charge is 0.393 e. The first-order valence-electron chi connectivity index (χ1n) is 13.8. The minimum Gasteiger partial charge on any atom is -0.393 e. The van der Waals surface area contributed by atoms with Crippen LogP contribution in [0.3, 0.4) is 0 Å². The van der Waals surface area contributed by atoms with Crippen molar-refractivity contribution in [1.29, 1.82) is 0 Å². The maximum atomic E-state index is 10.1. The summed E-state index contributed by atoms with van der Waals surface area (Å²) in [4.78, 5) is 12.2. The Balaban J connectivity index is 1.28. The second-order valence-corrected chi connectivity index (χ2v) is 11.2. The average molecular weight is 490 g/mol. The van der Waals surface area contributed by atoms with Crippen LogP contribution in [0.15, 0.2) is 36.7 Å². The van der Waals surface area contributed by atoms with E-state index in [9.17, 15) is 5.11 Å². The van der Waals surface area contributed by atoms with E-state index in [0.717, 1.165) is 81.4 Å². The minimum absolute atomic E-state index is 0.170. The first-order chi connectivity index (χ1) is 17.6. The zero-order chi connectivity index (χ0) is 24.5. The quantitative estimate of drug-likeness (QED) is 0.463. The molecule has 7 heteroatoms.